The molecule has 2 aromatic carbocycles. The van der Waals surface area contributed by atoms with Gasteiger partial charge in [-0.3, -0.25) is 5.43 Å². The molecule has 2 rings (SSSR count). The van der Waals surface area contributed by atoms with Crippen LogP contribution < -0.4 is 10.9 Å². The number of rotatable bonds is 3. The summed E-state index contributed by atoms with van der Waals surface area (Å²) in [7, 11) is 0. The number of hydrazine groups is 1. The summed E-state index contributed by atoms with van der Waals surface area (Å²) in [5.41, 5.74) is 7.88. The van der Waals surface area contributed by atoms with Crippen LogP contribution in [-0.2, 0) is 0 Å². The average molecular weight is 263 g/mol. The Morgan fingerprint density at radius 2 is 1.59 bits per heavy atom. The first kappa shape index (κ1) is 11.9. The third-order valence-corrected chi connectivity index (χ3v) is 2.79. The van der Waals surface area contributed by atoms with Gasteiger partial charge < -0.3 is 5.43 Å². The van der Waals surface area contributed by atoms with E-state index in [9.17, 15) is 0 Å². The van der Waals surface area contributed by atoms with E-state index in [0.717, 1.165) is 11.3 Å². The van der Waals surface area contributed by atoms with Gasteiger partial charge in [-0.15, -0.1) is 0 Å². The third-order valence-electron chi connectivity index (χ3n) is 2.20. The number of halogens is 1. The smallest absolute Gasteiger partial charge is 0.125 e. The summed E-state index contributed by atoms with van der Waals surface area (Å²) >= 11 is 11.0. The predicted octanol–water partition coefficient (Wildman–Crippen LogP) is 3.63. The lowest BCUT2D eigenvalue weighted by molar-refractivity contribution is 1.14. The van der Waals surface area contributed by atoms with Gasteiger partial charge in [0, 0.05) is 10.6 Å². The van der Waals surface area contributed by atoms with Crippen LogP contribution in [0.25, 0.3) is 0 Å². The number of hydrogen-bond donors (Lipinski definition) is 2. The number of anilines is 1. The van der Waals surface area contributed by atoms with Crippen molar-refractivity contribution in [1.29, 1.82) is 0 Å². The fourth-order valence-corrected chi connectivity index (χ4v) is 1.64. The standard InChI is InChI=1S/C13H11ClN2S/c14-11-6-8-12(9-7-11)15-16-13(17)10-4-2-1-3-5-10/h1-9,15H,(H,16,17). The highest BCUT2D eigenvalue weighted by Crippen LogP contribution is 2.12. The van der Waals surface area contributed by atoms with Crippen LogP contribution in [-0.4, -0.2) is 4.99 Å². The van der Waals surface area contributed by atoms with E-state index >= 15 is 0 Å². The normalized spacial score (nSPS) is 9.71. The van der Waals surface area contributed by atoms with Crippen molar-refractivity contribution in [3.8, 4) is 0 Å². The lowest BCUT2D eigenvalue weighted by atomic mass is 10.2. The van der Waals surface area contributed by atoms with Crippen molar-refractivity contribution in [1.82, 2.24) is 5.43 Å². The Hall–Kier alpha value is -1.58. The second kappa shape index (κ2) is 5.66. The fraction of sp³-hybridized carbons (Fsp3) is 0. The Morgan fingerprint density at radius 1 is 0.941 bits per heavy atom. The highest BCUT2D eigenvalue weighted by molar-refractivity contribution is 7.80. The molecule has 0 aliphatic heterocycles. The zero-order chi connectivity index (χ0) is 12.1. The summed E-state index contributed by atoms with van der Waals surface area (Å²) in [4.78, 5) is 0.653. The zero-order valence-electron chi connectivity index (χ0n) is 8.98. The van der Waals surface area contributed by atoms with Crippen LogP contribution in [0.5, 0.6) is 0 Å². The highest BCUT2D eigenvalue weighted by Gasteiger charge is 1.98. The van der Waals surface area contributed by atoms with Gasteiger partial charge in [-0.25, -0.2) is 0 Å². The van der Waals surface area contributed by atoms with Crippen LogP contribution in [0.4, 0.5) is 5.69 Å². The van der Waals surface area contributed by atoms with Gasteiger partial charge in [0.15, 0.2) is 0 Å². The monoisotopic (exact) mass is 262 g/mol. The van der Waals surface area contributed by atoms with Crippen molar-refractivity contribution < 1.29 is 0 Å². The van der Waals surface area contributed by atoms with Gasteiger partial charge in [-0.05, 0) is 24.3 Å². The number of nitrogens with one attached hydrogen (secondary N) is 2. The van der Waals surface area contributed by atoms with Gasteiger partial charge in [0.25, 0.3) is 0 Å². The number of hydrogen-bond acceptors (Lipinski definition) is 2. The Bertz CT molecular complexity index is 497. The molecule has 0 saturated heterocycles. The second-order valence-corrected chi connectivity index (χ2v) is 4.30. The lowest BCUT2D eigenvalue weighted by Gasteiger charge is -2.10. The number of thiocarbonyl (C=S) groups is 1. The SMILES string of the molecule is S=C(NNc1ccc(Cl)cc1)c1ccccc1. The molecule has 0 radical (unpaired) electrons. The Labute approximate surface area is 111 Å². The molecule has 4 heteroatoms. The topological polar surface area (TPSA) is 24.1 Å². The molecule has 0 unspecified atom stereocenters. The van der Waals surface area contributed by atoms with Gasteiger partial charge in [-0.1, -0.05) is 54.2 Å². The van der Waals surface area contributed by atoms with Crippen molar-refractivity contribution in [3.63, 3.8) is 0 Å². The van der Waals surface area contributed by atoms with Crippen LogP contribution in [0.15, 0.2) is 54.6 Å². The lowest BCUT2D eigenvalue weighted by Crippen LogP contribution is -2.28. The molecular formula is C13H11ClN2S. The molecule has 17 heavy (non-hydrogen) atoms. The van der Waals surface area contributed by atoms with Crippen molar-refractivity contribution in [2.75, 3.05) is 5.43 Å². The summed E-state index contributed by atoms with van der Waals surface area (Å²) in [6, 6.07) is 17.2. The van der Waals surface area contributed by atoms with E-state index in [1.165, 1.54) is 0 Å². The molecule has 0 atom stereocenters. The van der Waals surface area contributed by atoms with E-state index in [1.807, 2.05) is 54.6 Å². The van der Waals surface area contributed by atoms with Crippen LogP contribution in [0, 0.1) is 0 Å². The Kier molecular flexibility index (Phi) is 3.96. The quantitative estimate of drug-likeness (QED) is 0.652. The molecule has 2 aromatic rings. The van der Waals surface area contributed by atoms with Crippen LogP contribution in [0.2, 0.25) is 5.02 Å². The maximum absolute atomic E-state index is 5.80. The van der Waals surface area contributed by atoms with E-state index in [-0.39, 0.29) is 0 Å². The van der Waals surface area contributed by atoms with E-state index in [0.29, 0.717) is 10.0 Å². The minimum Gasteiger partial charge on any atom is -0.300 e. The molecular weight excluding hydrogens is 252 g/mol. The molecule has 0 bridgehead atoms. The summed E-state index contributed by atoms with van der Waals surface area (Å²) in [6.07, 6.45) is 0. The fourth-order valence-electron chi connectivity index (χ4n) is 1.32. The Balaban J connectivity index is 1.95. The molecule has 0 fully saturated rings. The van der Waals surface area contributed by atoms with Crippen molar-refractivity contribution in [3.05, 3.63) is 65.2 Å². The van der Waals surface area contributed by atoms with Crippen molar-refractivity contribution >= 4 is 34.5 Å². The Morgan fingerprint density at radius 3 is 2.24 bits per heavy atom. The first-order valence-electron chi connectivity index (χ1n) is 5.13. The molecule has 0 amide bonds. The van der Waals surface area contributed by atoms with Crippen LogP contribution >= 0.6 is 23.8 Å². The van der Waals surface area contributed by atoms with E-state index in [4.69, 9.17) is 23.8 Å². The largest absolute Gasteiger partial charge is 0.300 e. The zero-order valence-corrected chi connectivity index (χ0v) is 10.6. The van der Waals surface area contributed by atoms with Gasteiger partial charge in [0.1, 0.15) is 4.99 Å². The van der Waals surface area contributed by atoms with Gasteiger partial charge in [0.2, 0.25) is 0 Å². The molecule has 0 spiro atoms. The average Bonchev–Trinajstić information content (AvgIpc) is 2.39. The van der Waals surface area contributed by atoms with E-state index < -0.39 is 0 Å². The van der Waals surface area contributed by atoms with Crippen LogP contribution in [0.3, 0.4) is 0 Å². The molecule has 86 valence electrons. The van der Waals surface area contributed by atoms with Gasteiger partial charge >= 0.3 is 0 Å². The molecule has 0 saturated carbocycles. The van der Waals surface area contributed by atoms with Crippen LogP contribution in [0.1, 0.15) is 5.56 Å². The minimum atomic E-state index is 0.653. The summed E-state index contributed by atoms with van der Waals surface area (Å²) < 4.78 is 0. The maximum atomic E-state index is 5.80. The summed E-state index contributed by atoms with van der Waals surface area (Å²) in [5, 5.41) is 0.709. The summed E-state index contributed by atoms with van der Waals surface area (Å²) in [6.45, 7) is 0. The van der Waals surface area contributed by atoms with E-state index in [1.54, 1.807) is 0 Å². The summed E-state index contributed by atoms with van der Waals surface area (Å²) in [5.74, 6) is 0. The first-order valence-corrected chi connectivity index (χ1v) is 5.91. The highest BCUT2D eigenvalue weighted by atomic mass is 35.5. The molecule has 2 N–H and O–H groups in total. The first-order chi connectivity index (χ1) is 8.25. The molecule has 2 nitrogen and oxygen atoms in total. The third kappa shape index (κ3) is 3.44. The van der Waals surface area contributed by atoms with Gasteiger partial charge in [0.05, 0.1) is 5.69 Å². The molecule has 0 aliphatic rings. The predicted molar refractivity (Wildman–Crippen MR) is 76.4 cm³/mol. The van der Waals surface area contributed by atoms with Crippen molar-refractivity contribution in [2.24, 2.45) is 0 Å². The maximum Gasteiger partial charge on any atom is 0.125 e. The van der Waals surface area contributed by atoms with Gasteiger partial charge in [-0.2, -0.15) is 0 Å². The van der Waals surface area contributed by atoms with Crippen molar-refractivity contribution in [2.45, 2.75) is 0 Å². The molecule has 0 aliphatic carbocycles. The molecule has 0 heterocycles. The number of benzene rings is 2. The minimum absolute atomic E-state index is 0.653. The second-order valence-electron chi connectivity index (χ2n) is 3.45. The van der Waals surface area contributed by atoms with E-state index in [2.05, 4.69) is 10.9 Å². The molecule has 0 aromatic heterocycles.